The summed E-state index contributed by atoms with van der Waals surface area (Å²) in [5.41, 5.74) is 3.17. The predicted octanol–water partition coefficient (Wildman–Crippen LogP) is 4.47. The van der Waals surface area contributed by atoms with E-state index in [4.69, 9.17) is 22.5 Å². The molecule has 4 heteroatoms. The second-order valence-electron chi connectivity index (χ2n) is 3.10. The molecule has 0 amide bonds. The molecule has 0 aromatic heterocycles. The molecule has 1 aromatic rings. The maximum atomic E-state index is 11.2. The molecular formula is C9H11Cl2OP. The number of aryl methyl sites for hydroxylation is 2. The summed E-state index contributed by atoms with van der Waals surface area (Å²) < 4.78 is 11.2. The van der Waals surface area contributed by atoms with Gasteiger partial charge in [-0.05, 0) is 53.0 Å². The molecule has 0 atom stereocenters. The van der Waals surface area contributed by atoms with Gasteiger partial charge in [0, 0.05) is 0 Å². The molecule has 0 saturated heterocycles. The monoisotopic (exact) mass is 236 g/mol. The van der Waals surface area contributed by atoms with Crippen LogP contribution in [0, 0.1) is 13.8 Å². The van der Waals surface area contributed by atoms with E-state index in [2.05, 4.69) is 0 Å². The van der Waals surface area contributed by atoms with Crippen LogP contribution in [-0.4, -0.2) is 0 Å². The lowest BCUT2D eigenvalue weighted by atomic mass is 10.1. The Morgan fingerprint density at radius 1 is 1.23 bits per heavy atom. The third-order valence-corrected chi connectivity index (χ3v) is 3.39. The maximum Gasteiger partial charge on any atom is 0.257 e. The molecule has 0 fully saturated rings. The van der Waals surface area contributed by atoms with E-state index in [0.29, 0.717) is 0 Å². The summed E-state index contributed by atoms with van der Waals surface area (Å²) >= 11 is 11.1. The molecule has 0 saturated carbocycles. The fourth-order valence-corrected chi connectivity index (χ4v) is 2.87. The third kappa shape index (κ3) is 3.34. The normalized spacial score (nSPS) is 11.7. The van der Waals surface area contributed by atoms with E-state index in [9.17, 15) is 4.57 Å². The van der Waals surface area contributed by atoms with Crippen molar-refractivity contribution in [2.24, 2.45) is 0 Å². The lowest BCUT2D eigenvalue weighted by Gasteiger charge is -2.09. The van der Waals surface area contributed by atoms with Crippen LogP contribution in [0.5, 0.6) is 0 Å². The first kappa shape index (κ1) is 11.1. The quantitative estimate of drug-likeness (QED) is 0.693. The fourth-order valence-electron chi connectivity index (χ4n) is 1.28. The zero-order valence-electron chi connectivity index (χ0n) is 7.55. The molecule has 0 unspecified atom stereocenters. The molecule has 1 nitrogen and oxygen atoms in total. The van der Waals surface area contributed by atoms with Gasteiger partial charge in [-0.3, -0.25) is 4.57 Å². The van der Waals surface area contributed by atoms with Gasteiger partial charge in [0.2, 0.25) is 0 Å². The molecule has 1 aromatic carbocycles. The third-order valence-electron chi connectivity index (χ3n) is 1.99. The van der Waals surface area contributed by atoms with Gasteiger partial charge in [-0.1, -0.05) is 18.2 Å². The second kappa shape index (κ2) is 4.04. The van der Waals surface area contributed by atoms with Crippen molar-refractivity contribution in [3.8, 4) is 0 Å². The van der Waals surface area contributed by atoms with Crippen molar-refractivity contribution in [1.29, 1.82) is 0 Å². The van der Waals surface area contributed by atoms with Crippen LogP contribution >= 0.6 is 28.3 Å². The highest BCUT2D eigenvalue weighted by Gasteiger charge is 2.17. The van der Waals surface area contributed by atoms with Crippen LogP contribution in [0.25, 0.3) is 0 Å². The largest absolute Gasteiger partial charge is 0.289 e. The minimum absolute atomic E-state index is 0.259. The maximum absolute atomic E-state index is 11.2. The zero-order chi connectivity index (χ0) is 10.1. The van der Waals surface area contributed by atoms with Crippen molar-refractivity contribution < 1.29 is 4.57 Å². The molecule has 0 spiro atoms. The molecule has 13 heavy (non-hydrogen) atoms. The lowest BCUT2D eigenvalue weighted by molar-refractivity contribution is 0.592. The van der Waals surface area contributed by atoms with Crippen LogP contribution in [0.3, 0.4) is 0 Å². The van der Waals surface area contributed by atoms with E-state index in [1.807, 2.05) is 32.0 Å². The highest BCUT2D eigenvalue weighted by atomic mass is 35.9. The lowest BCUT2D eigenvalue weighted by Crippen LogP contribution is -1.90. The topological polar surface area (TPSA) is 17.1 Å². The summed E-state index contributed by atoms with van der Waals surface area (Å²) in [6, 6.07) is 5.89. The van der Waals surface area contributed by atoms with Crippen molar-refractivity contribution >= 4 is 28.3 Å². The fraction of sp³-hybridized carbons (Fsp3) is 0.333. The zero-order valence-corrected chi connectivity index (χ0v) is 9.96. The van der Waals surface area contributed by atoms with E-state index in [1.165, 1.54) is 0 Å². The van der Waals surface area contributed by atoms with Gasteiger partial charge in [-0.15, -0.1) is 0 Å². The van der Waals surface area contributed by atoms with Crippen molar-refractivity contribution in [1.82, 2.24) is 0 Å². The van der Waals surface area contributed by atoms with Crippen molar-refractivity contribution in [2.45, 2.75) is 20.0 Å². The first-order valence-corrected chi connectivity index (χ1v) is 7.64. The van der Waals surface area contributed by atoms with Crippen molar-refractivity contribution in [2.75, 3.05) is 0 Å². The molecule has 0 aliphatic heterocycles. The Bertz CT molecular complexity index is 336. The van der Waals surface area contributed by atoms with Crippen LogP contribution in [0.2, 0.25) is 0 Å². The van der Waals surface area contributed by atoms with Crippen LogP contribution in [0.4, 0.5) is 0 Å². The van der Waals surface area contributed by atoms with E-state index >= 15 is 0 Å². The standard InChI is InChI=1S/C9H11Cl2OP/c1-7-4-3-5-8(2)9(7)6-13(10,11)12/h3-5H,6H2,1-2H3. The summed E-state index contributed by atoms with van der Waals surface area (Å²) in [7, 11) is 0. The molecule has 1 rings (SSSR count). The van der Waals surface area contributed by atoms with Crippen LogP contribution in [0.15, 0.2) is 18.2 Å². The summed E-state index contributed by atoms with van der Waals surface area (Å²) in [6.07, 6.45) is 0.259. The number of rotatable bonds is 2. The van der Waals surface area contributed by atoms with Gasteiger partial charge in [-0.25, -0.2) is 0 Å². The summed E-state index contributed by atoms with van der Waals surface area (Å²) in [4.78, 5) is 0. The Kier molecular flexibility index (Phi) is 3.45. The average Bonchev–Trinajstić information content (AvgIpc) is 1.95. The van der Waals surface area contributed by atoms with E-state index in [-0.39, 0.29) is 6.16 Å². The Balaban J connectivity index is 3.07. The van der Waals surface area contributed by atoms with Crippen molar-refractivity contribution in [3.05, 3.63) is 34.9 Å². The molecule has 72 valence electrons. The summed E-state index contributed by atoms with van der Waals surface area (Å²) in [6.45, 7) is 3.93. The first-order chi connectivity index (χ1) is 5.90. The van der Waals surface area contributed by atoms with Crippen molar-refractivity contribution in [3.63, 3.8) is 0 Å². The second-order valence-corrected chi connectivity index (χ2v) is 8.35. The van der Waals surface area contributed by atoms with Gasteiger partial charge in [0.25, 0.3) is 5.85 Å². The predicted molar refractivity (Wildman–Crippen MR) is 58.9 cm³/mol. The van der Waals surface area contributed by atoms with Gasteiger partial charge in [0.05, 0.1) is 6.16 Å². The van der Waals surface area contributed by atoms with E-state index in [1.54, 1.807) is 0 Å². The highest BCUT2D eigenvalue weighted by Crippen LogP contribution is 2.59. The average molecular weight is 237 g/mol. The van der Waals surface area contributed by atoms with E-state index < -0.39 is 5.85 Å². The SMILES string of the molecule is Cc1cccc(C)c1CP(=O)(Cl)Cl. The van der Waals surface area contributed by atoms with Gasteiger partial charge >= 0.3 is 0 Å². The smallest absolute Gasteiger partial charge is 0.257 e. The van der Waals surface area contributed by atoms with Gasteiger partial charge < -0.3 is 0 Å². The number of halogens is 2. The van der Waals surface area contributed by atoms with Gasteiger partial charge in [-0.2, -0.15) is 0 Å². The number of benzene rings is 1. The van der Waals surface area contributed by atoms with Gasteiger partial charge in [0.15, 0.2) is 0 Å². The molecule has 0 radical (unpaired) electrons. The van der Waals surface area contributed by atoms with E-state index in [0.717, 1.165) is 16.7 Å². The van der Waals surface area contributed by atoms with Gasteiger partial charge in [0.1, 0.15) is 0 Å². The Morgan fingerprint density at radius 3 is 2.08 bits per heavy atom. The number of hydrogen-bond acceptors (Lipinski definition) is 1. The molecule has 0 aliphatic rings. The summed E-state index contributed by atoms with van der Waals surface area (Å²) in [5.74, 6) is -3.00. The Hall–Kier alpha value is 0.0300. The van der Waals surface area contributed by atoms with Crippen LogP contribution in [0.1, 0.15) is 16.7 Å². The minimum Gasteiger partial charge on any atom is -0.289 e. The number of hydrogen-bond donors (Lipinski definition) is 0. The molecule has 0 bridgehead atoms. The molecular weight excluding hydrogens is 226 g/mol. The minimum atomic E-state index is -3.00. The Morgan fingerprint density at radius 2 is 1.69 bits per heavy atom. The molecule has 0 N–H and O–H groups in total. The molecule has 0 heterocycles. The molecule has 0 aliphatic carbocycles. The first-order valence-electron chi connectivity index (χ1n) is 3.93. The Labute approximate surface area is 88.0 Å². The van der Waals surface area contributed by atoms with Crippen LogP contribution < -0.4 is 0 Å². The highest BCUT2D eigenvalue weighted by molar-refractivity contribution is 8.08. The van der Waals surface area contributed by atoms with Crippen LogP contribution in [-0.2, 0) is 10.7 Å². The summed E-state index contributed by atoms with van der Waals surface area (Å²) in [5, 5.41) is 0.